The van der Waals surface area contributed by atoms with E-state index in [1.54, 1.807) is 0 Å². The Morgan fingerprint density at radius 3 is 2.64 bits per heavy atom. The van der Waals surface area contributed by atoms with Gasteiger partial charge in [-0.15, -0.1) is 11.6 Å². The molecule has 0 radical (unpaired) electrons. The lowest BCUT2D eigenvalue weighted by molar-refractivity contribution is 0.626. The van der Waals surface area contributed by atoms with Crippen LogP contribution in [-0.2, 0) is 5.88 Å². The largest absolute Gasteiger partial charge is 0.207 e. The minimum absolute atomic E-state index is 0.287. The van der Waals surface area contributed by atoms with Crippen molar-refractivity contribution in [2.45, 2.75) is 5.88 Å². The third kappa shape index (κ3) is 2.20. The van der Waals surface area contributed by atoms with Crippen LogP contribution in [0.25, 0.3) is 0 Å². The molecule has 0 fully saturated rings. The van der Waals surface area contributed by atoms with Crippen LogP contribution in [0, 0.1) is 9.39 Å². The fourth-order valence-electron chi connectivity index (χ4n) is 0.707. The van der Waals surface area contributed by atoms with E-state index in [1.807, 2.05) is 22.6 Å². The summed E-state index contributed by atoms with van der Waals surface area (Å²) in [7, 11) is 0. The molecule has 0 bridgehead atoms. The lowest BCUT2D eigenvalue weighted by atomic mass is 10.2. The Morgan fingerprint density at radius 2 is 2.09 bits per heavy atom. The molecule has 0 heterocycles. The fraction of sp³-hybridized carbons (Fsp3) is 0.143. The maximum Gasteiger partial charge on any atom is 0.125 e. The molecule has 1 rings (SSSR count). The Bertz CT molecular complexity index is 275. The van der Waals surface area contributed by atoms with Gasteiger partial charge in [0.25, 0.3) is 0 Å². The second kappa shape index (κ2) is 3.92. The molecule has 60 valence electrons. The molecule has 0 saturated carbocycles. The summed E-state index contributed by atoms with van der Waals surface area (Å²) in [5.74, 6) is -0.0542. The van der Waals surface area contributed by atoms with Crippen molar-refractivity contribution in [1.29, 1.82) is 0 Å². The van der Waals surface area contributed by atoms with E-state index in [0.717, 1.165) is 9.13 Å². The van der Waals surface area contributed by atoms with Gasteiger partial charge in [0.1, 0.15) is 5.82 Å². The van der Waals surface area contributed by atoms with E-state index in [9.17, 15) is 4.39 Å². The van der Waals surface area contributed by atoms with Crippen LogP contribution in [0.1, 0.15) is 5.56 Å². The first-order valence-corrected chi connectivity index (χ1v) is 4.83. The molecule has 0 spiro atoms. The summed E-state index contributed by atoms with van der Waals surface area (Å²) in [5.41, 5.74) is 0.734. The molecule has 1 aromatic carbocycles. The molecular weight excluding hydrogens is 301 g/mol. The number of benzene rings is 1. The minimum Gasteiger partial charge on any atom is -0.207 e. The molecular formula is C7H4Cl2FI. The Kier molecular flexibility index (Phi) is 3.40. The summed E-state index contributed by atoms with van der Waals surface area (Å²) in [6.45, 7) is 0. The van der Waals surface area contributed by atoms with Crippen LogP contribution in [0.4, 0.5) is 4.39 Å². The zero-order valence-corrected chi connectivity index (χ0v) is 9.04. The topological polar surface area (TPSA) is 0 Å². The average Bonchev–Trinajstić information content (AvgIpc) is 1.96. The second-order valence-corrected chi connectivity index (χ2v) is 3.75. The monoisotopic (exact) mass is 304 g/mol. The van der Waals surface area contributed by atoms with Gasteiger partial charge in [-0.25, -0.2) is 4.39 Å². The fourth-order valence-corrected chi connectivity index (χ4v) is 1.87. The molecule has 0 aliphatic heterocycles. The highest BCUT2D eigenvalue weighted by Crippen LogP contribution is 2.24. The van der Waals surface area contributed by atoms with Gasteiger partial charge >= 0.3 is 0 Å². The molecule has 1 aromatic rings. The maximum atomic E-state index is 12.6. The van der Waals surface area contributed by atoms with Crippen LogP contribution in [-0.4, -0.2) is 0 Å². The average molecular weight is 305 g/mol. The van der Waals surface area contributed by atoms with Gasteiger partial charge in [0.15, 0.2) is 0 Å². The number of rotatable bonds is 1. The molecule has 0 atom stereocenters. The zero-order chi connectivity index (χ0) is 8.43. The Hall–Kier alpha value is 0.460. The molecule has 0 amide bonds. The Labute approximate surface area is 87.8 Å². The van der Waals surface area contributed by atoms with E-state index in [4.69, 9.17) is 23.2 Å². The second-order valence-electron chi connectivity index (χ2n) is 1.99. The van der Waals surface area contributed by atoms with Crippen molar-refractivity contribution in [2.75, 3.05) is 0 Å². The molecule has 0 aliphatic carbocycles. The summed E-state index contributed by atoms with van der Waals surface area (Å²) in [6.07, 6.45) is 0. The van der Waals surface area contributed by atoms with E-state index in [0.29, 0.717) is 5.02 Å². The highest BCUT2D eigenvalue weighted by molar-refractivity contribution is 14.1. The van der Waals surface area contributed by atoms with Gasteiger partial charge in [-0.1, -0.05) is 11.6 Å². The summed E-state index contributed by atoms with van der Waals surface area (Å²) in [6, 6.07) is 2.67. The van der Waals surface area contributed by atoms with Gasteiger partial charge in [-0.2, -0.15) is 0 Å². The molecule has 4 heteroatoms. The maximum absolute atomic E-state index is 12.6. The first-order valence-electron chi connectivity index (χ1n) is 2.84. The standard InChI is InChI=1S/C7H4Cl2FI/c8-3-4-1-5(10)2-6(9)7(4)11/h1-2H,3H2. The van der Waals surface area contributed by atoms with Crippen LogP contribution in [0.15, 0.2) is 12.1 Å². The quantitative estimate of drug-likeness (QED) is 0.420. The first kappa shape index (κ1) is 9.55. The van der Waals surface area contributed by atoms with Gasteiger partial charge in [-0.3, -0.25) is 0 Å². The van der Waals surface area contributed by atoms with Crippen molar-refractivity contribution in [3.8, 4) is 0 Å². The molecule has 0 saturated heterocycles. The third-order valence-electron chi connectivity index (χ3n) is 1.21. The normalized spacial score (nSPS) is 10.2. The van der Waals surface area contributed by atoms with Gasteiger partial charge in [0.05, 0.1) is 5.02 Å². The predicted octanol–water partition coefficient (Wildman–Crippen LogP) is 3.82. The first-order chi connectivity index (χ1) is 5.15. The number of halogens is 4. The molecule has 0 nitrogen and oxygen atoms in total. The highest BCUT2D eigenvalue weighted by Gasteiger charge is 2.05. The third-order valence-corrected chi connectivity index (χ3v) is 3.39. The molecule has 0 aliphatic rings. The van der Waals surface area contributed by atoms with Crippen molar-refractivity contribution in [3.63, 3.8) is 0 Å². The summed E-state index contributed by atoms with van der Waals surface area (Å²) >= 11 is 13.3. The van der Waals surface area contributed by atoms with Gasteiger partial charge < -0.3 is 0 Å². The highest BCUT2D eigenvalue weighted by atomic mass is 127. The molecule has 0 aromatic heterocycles. The van der Waals surface area contributed by atoms with E-state index < -0.39 is 0 Å². The molecule has 11 heavy (non-hydrogen) atoms. The van der Waals surface area contributed by atoms with Crippen LogP contribution < -0.4 is 0 Å². The van der Waals surface area contributed by atoms with Crippen molar-refractivity contribution in [1.82, 2.24) is 0 Å². The molecule has 0 N–H and O–H groups in total. The summed E-state index contributed by atoms with van der Waals surface area (Å²) < 4.78 is 13.5. The lowest BCUT2D eigenvalue weighted by Gasteiger charge is -2.01. The predicted molar refractivity (Wildman–Crippen MR) is 53.7 cm³/mol. The van der Waals surface area contributed by atoms with Crippen molar-refractivity contribution >= 4 is 45.8 Å². The van der Waals surface area contributed by atoms with Crippen molar-refractivity contribution in [2.24, 2.45) is 0 Å². The van der Waals surface area contributed by atoms with E-state index in [1.165, 1.54) is 12.1 Å². The van der Waals surface area contributed by atoms with Crippen LogP contribution in [0.2, 0.25) is 5.02 Å². The van der Waals surface area contributed by atoms with Crippen LogP contribution >= 0.6 is 45.8 Å². The number of hydrogen-bond acceptors (Lipinski definition) is 0. The van der Waals surface area contributed by atoms with Crippen LogP contribution in [0.3, 0.4) is 0 Å². The Morgan fingerprint density at radius 1 is 1.45 bits per heavy atom. The summed E-state index contributed by atoms with van der Waals surface area (Å²) in [5, 5.41) is 0.418. The number of hydrogen-bond donors (Lipinski definition) is 0. The van der Waals surface area contributed by atoms with E-state index in [2.05, 4.69) is 0 Å². The van der Waals surface area contributed by atoms with Gasteiger partial charge in [0.2, 0.25) is 0 Å². The van der Waals surface area contributed by atoms with Crippen molar-refractivity contribution in [3.05, 3.63) is 32.1 Å². The minimum atomic E-state index is -0.342. The van der Waals surface area contributed by atoms with Crippen molar-refractivity contribution < 1.29 is 4.39 Å². The van der Waals surface area contributed by atoms with Gasteiger partial charge in [-0.05, 0) is 40.3 Å². The van der Waals surface area contributed by atoms with Crippen LogP contribution in [0.5, 0.6) is 0 Å². The number of alkyl halides is 1. The van der Waals surface area contributed by atoms with E-state index >= 15 is 0 Å². The van der Waals surface area contributed by atoms with Gasteiger partial charge in [0, 0.05) is 9.45 Å². The van der Waals surface area contributed by atoms with E-state index in [-0.39, 0.29) is 11.7 Å². The lowest BCUT2D eigenvalue weighted by Crippen LogP contribution is -1.87. The zero-order valence-electron chi connectivity index (χ0n) is 5.37. The SMILES string of the molecule is Fc1cc(Cl)c(I)c(CCl)c1. The summed E-state index contributed by atoms with van der Waals surface area (Å²) in [4.78, 5) is 0. The smallest absolute Gasteiger partial charge is 0.125 e. The molecule has 0 unspecified atom stereocenters. The Balaban J connectivity index is 3.24.